The second kappa shape index (κ2) is 11.7. The van der Waals surface area contributed by atoms with Crippen LogP contribution in [0.4, 0.5) is 5.69 Å². The number of piperidine rings is 1. The van der Waals surface area contributed by atoms with E-state index in [0.29, 0.717) is 6.54 Å². The van der Waals surface area contributed by atoms with Gasteiger partial charge in [-0.15, -0.1) is 0 Å². The first-order valence-electron chi connectivity index (χ1n) is 12.0. The van der Waals surface area contributed by atoms with Gasteiger partial charge in [0.2, 0.25) is 11.8 Å². The molecule has 2 fully saturated rings. The number of anilines is 1. The summed E-state index contributed by atoms with van der Waals surface area (Å²) in [5.41, 5.74) is 0.842. The number of hydrogen-bond donors (Lipinski definition) is 1. The van der Waals surface area contributed by atoms with Gasteiger partial charge in [-0.2, -0.15) is 0 Å². The molecule has 6 nitrogen and oxygen atoms in total. The standard InChI is InChI=1S/C26H34N4O2S/c1-21(29-18-16-28(17-19-29)20-25(31)30-14-8-3-9-15-30)26(32)27-23-12-6-7-13-24(23)33-22-10-4-2-5-11-22/h2,4-7,10-13,21H,3,8-9,14-20H2,1H3,(H,27,32). The van der Waals surface area contributed by atoms with Gasteiger partial charge >= 0.3 is 0 Å². The first-order chi connectivity index (χ1) is 16.1. The highest BCUT2D eigenvalue weighted by molar-refractivity contribution is 7.99. The topological polar surface area (TPSA) is 55.9 Å². The highest BCUT2D eigenvalue weighted by Crippen LogP contribution is 2.33. The quantitative estimate of drug-likeness (QED) is 0.673. The van der Waals surface area contributed by atoms with Crippen LogP contribution in [0.1, 0.15) is 26.2 Å². The van der Waals surface area contributed by atoms with Gasteiger partial charge in [-0.25, -0.2) is 0 Å². The minimum Gasteiger partial charge on any atom is -0.342 e. The van der Waals surface area contributed by atoms with Crippen LogP contribution in [0.3, 0.4) is 0 Å². The molecule has 2 aliphatic rings. The number of carbonyl (C=O) groups excluding carboxylic acids is 2. The zero-order valence-corrected chi connectivity index (χ0v) is 20.2. The molecule has 1 atom stereocenters. The van der Waals surface area contributed by atoms with Crippen LogP contribution in [0.5, 0.6) is 0 Å². The first kappa shape index (κ1) is 23.8. The first-order valence-corrected chi connectivity index (χ1v) is 12.8. The predicted octanol–water partition coefficient (Wildman–Crippen LogP) is 3.79. The van der Waals surface area contributed by atoms with Crippen molar-refractivity contribution in [3.63, 3.8) is 0 Å². The molecule has 4 rings (SSSR count). The van der Waals surface area contributed by atoms with E-state index in [1.807, 2.05) is 54.3 Å². The molecule has 0 aliphatic carbocycles. The number of amides is 2. The van der Waals surface area contributed by atoms with E-state index in [4.69, 9.17) is 0 Å². The number of hydrogen-bond acceptors (Lipinski definition) is 5. The molecule has 2 aromatic rings. The smallest absolute Gasteiger partial charge is 0.241 e. The lowest BCUT2D eigenvalue weighted by Crippen LogP contribution is -2.54. The molecule has 0 bridgehead atoms. The minimum absolute atomic E-state index is 0.00829. The van der Waals surface area contributed by atoms with Crippen LogP contribution >= 0.6 is 11.8 Å². The van der Waals surface area contributed by atoms with Crippen molar-refractivity contribution >= 4 is 29.3 Å². The maximum Gasteiger partial charge on any atom is 0.241 e. The summed E-state index contributed by atoms with van der Waals surface area (Å²) in [6, 6.07) is 17.9. The van der Waals surface area contributed by atoms with Crippen molar-refractivity contribution in [3.8, 4) is 0 Å². The monoisotopic (exact) mass is 466 g/mol. The van der Waals surface area contributed by atoms with Crippen LogP contribution in [-0.4, -0.2) is 78.4 Å². The third-order valence-electron chi connectivity index (χ3n) is 6.52. The summed E-state index contributed by atoms with van der Waals surface area (Å²) in [5.74, 6) is 0.260. The zero-order chi connectivity index (χ0) is 23.0. The second-order valence-electron chi connectivity index (χ2n) is 8.83. The molecule has 7 heteroatoms. The van der Waals surface area contributed by atoms with Gasteiger partial charge in [0.1, 0.15) is 0 Å². The van der Waals surface area contributed by atoms with Crippen molar-refractivity contribution in [2.45, 2.75) is 42.0 Å². The minimum atomic E-state index is -0.222. The Morgan fingerprint density at radius 1 is 0.879 bits per heavy atom. The normalized spacial score (nSPS) is 18.6. The molecule has 0 spiro atoms. The lowest BCUT2D eigenvalue weighted by molar-refractivity contribution is -0.134. The largest absolute Gasteiger partial charge is 0.342 e. The van der Waals surface area contributed by atoms with E-state index in [0.717, 1.165) is 67.6 Å². The van der Waals surface area contributed by atoms with Crippen molar-refractivity contribution in [1.82, 2.24) is 14.7 Å². The average Bonchev–Trinajstić information content (AvgIpc) is 2.86. The maximum atomic E-state index is 13.0. The summed E-state index contributed by atoms with van der Waals surface area (Å²) >= 11 is 1.65. The van der Waals surface area contributed by atoms with E-state index in [1.54, 1.807) is 11.8 Å². The van der Waals surface area contributed by atoms with Gasteiger partial charge in [0.15, 0.2) is 0 Å². The average molecular weight is 467 g/mol. The van der Waals surface area contributed by atoms with E-state index >= 15 is 0 Å². The van der Waals surface area contributed by atoms with Crippen LogP contribution in [-0.2, 0) is 9.59 Å². The van der Waals surface area contributed by atoms with Crippen molar-refractivity contribution in [3.05, 3.63) is 54.6 Å². The Balaban J connectivity index is 1.27. The van der Waals surface area contributed by atoms with Crippen molar-refractivity contribution < 1.29 is 9.59 Å². The highest BCUT2D eigenvalue weighted by Gasteiger charge is 2.28. The van der Waals surface area contributed by atoms with Gasteiger partial charge in [0.25, 0.3) is 0 Å². The molecule has 1 unspecified atom stereocenters. The summed E-state index contributed by atoms with van der Waals surface area (Å²) in [4.78, 5) is 34.2. The number of carbonyl (C=O) groups is 2. The van der Waals surface area contributed by atoms with Gasteiger partial charge in [-0.05, 0) is 50.5 Å². The molecule has 0 radical (unpaired) electrons. The molecular weight excluding hydrogens is 432 g/mol. The number of nitrogens with one attached hydrogen (secondary N) is 1. The van der Waals surface area contributed by atoms with E-state index < -0.39 is 0 Å². The van der Waals surface area contributed by atoms with Crippen LogP contribution in [0.15, 0.2) is 64.4 Å². The fourth-order valence-corrected chi connectivity index (χ4v) is 5.34. The summed E-state index contributed by atoms with van der Waals surface area (Å²) in [7, 11) is 0. The van der Waals surface area contributed by atoms with Gasteiger partial charge in [-0.3, -0.25) is 19.4 Å². The lowest BCUT2D eigenvalue weighted by Gasteiger charge is -2.38. The van der Waals surface area contributed by atoms with Crippen molar-refractivity contribution in [2.24, 2.45) is 0 Å². The summed E-state index contributed by atoms with van der Waals surface area (Å²) in [5, 5.41) is 3.14. The number of nitrogens with zero attached hydrogens (tertiary/aromatic N) is 3. The molecule has 2 aliphatic heterocycles. The number of benzene rings is 2. The summed E-state index contributed by atoms with van der Waals surface area (Å²) in [6.45, 7) is 7.50. The highest BCUT2D eigenvalue weighted by atomic mass is 32.2. The molecule has 2 amide bonds. The number of likely N-dealkylation sites (tertiary alicyclic amines) is 1. The molecule has 0 aromatic heterocycles. The molecule has 0 saturated carbocycles. The van der Waals surface area contributed by atoms with Crippen LogP contribution < -0.4 is 5.32 Å². The van der Waals surface area contributed by atoms with Gasteiger partial charge in [0.05, 0.1) is 18.3 Å². The Hall–Kier alpha value is -2.35. The summed E-state index contributed by atoms with van der Waals surface area (Å²) in [6.07, 6.45) is 3.48. The Bertz CT molecular complexity index is 925. The van der Waals surface area contributed by atoms with Crippen molar-refractivity contribution in [1.29, 1.82) is 0 Å². The number of rotatable bonds is 7. The fourth-order valence-electron chi connectivity index (χ4n) is 4.42. The lowest BCUT2D eigenvalue weighted by atomic mass is 10.1. The molecule has 1 N–H and O–H groups in total. The van der Waals surface area contributed by atoms with E-state index in [-0.39, 0.29) is 17.9 Å². The van der Waals surface area contributed by atoms with Crippen LogP contribution in [0, 0.1) is 0 Å². The zero-order valence-electron chi connectivity index (χ0n) is 19.4. The molecule has 2 heterocycles. The number of para-hydroxylation sites is 1. The SMILES string of the molecule is CC(C(=O)Nc1ccccc1Sc1ccccc1)N1CCN(CC(=O)N2CCCCC2)CC1. The fraction of sp³-hybridized carbons (Fsp3) is 0.462. The molecule has 33 heavy (non-hydrogen) atoms. The molecule has 2 aromatic carbocycles. The van der Waals surface area contributed by atoms with Crippen molar-refractivity contribution in [2.75, 3.05) is 51.1 Å². The van der Waals surface area contributed by atoms with E-state index in [1.165, 1.54) is 6.42 Å². The predicted molar refractivity (Wildman–Crippen MR) is 134 cm³/mol. The Labute approximate surface area is 201 Å². The Kier molecular flexibility index (Phi) is 8.42. The van der Waals surface area contributed by atoms with Gasteiger partial charge < -0.3 is 10.2 Å². The van der Waals surface area contributed by atoms with Gasteiger partial charge in [-0.1, -0.05) is 42.1 Å². The molecule has 176 valence electrons. The maximum absolute atomic E-state index is 13.0. The Morgan fingerprint density at radius 3 is 2.27 bits per heavy atom. The van der Waals surface area contributed by atoms with E-state index in [9.17, 15) is 9.59 Å². The summed E-state index contributed by atoms with van der Waals surface area (Å²) < 4.78 is 0. The van der Waals surface area contributed by atoms with Crippen LogP contribution in [0.2, 0.25) is 0 Å². The van der Waals surface area contributed by atoms with Crippen LogP contribution in [0.25, 0.3) is 0 Å². The molecular formula is C26H34N4O2S. The van der Waals surface area contributed by atoms with Gasteiger partial charge in [0, 0.05) is 49.1 Å². The second-order valence-corrected chi connectivity index (χ2v) is 9.95. The number of piperazine rings is 1. The van der Waals surface area contributed by atoms with E-state index in [2.05, 4.69) is 27.2 Å². The third-order valence-corrected chi connectivity index (χ3v) is 7.60. The third kappa shape index (κ3) is 6.59. The Morgan fingerprint density at radius 2 is 1.55 bits per heavy atom. The molecule has 2 saturated heterocycles.